The molecule has 1 rings (SSSR count). The SMILES string of the molecule is COC(C)CNc1ncc(N)cc1C. The van der Waals surface area contributed by atoms with Crippen LogP contribution >= 0.6 is 0 Å². The van der Waals surface area contributed by atoms with Crippen LogP contribution in [0.15, 0.2) is 12.3 Å². The van der Waals surface area contributed by atoms with E-state index in [1.807, 2.05) is 19.9 Å². The molecule has 14 heavy (non-hydrogen) atoms. The number of hydrogen-bond donors (Lipinski definition) is 2. The summed E-state index contributed by atoms with van der Waals surface area (Å²) in [6.07, 6.45) is 1.82. The third-order valence-corrected chi connectivity index (χ3v) is 2.06. The van der Waals surface area contributed by atoms with Gasteiger partial charge in [-0.05, 0) is 25.5 Å². The smallest absolute Gasteiger partial charge is 0.129 e. The third kappa shape index (κ3) is 2.88. The number of pyridine rings is 1. The van der Waals surface area contributed by atoms with Crippen molar-refractivity contribution in [2.45, 2.75) is 20.0 Å². The van der Waals surface area contributed by atoms with Crippen LogP contribution in [-0.4, -0.2) is 24.7 Å². The molecule has 0 aliphatic carbocycles. The minimum Gasteiger partial charge on any atom is -0.397 e. The van der Waals surface area contributed by atoms with Gasteiger partial charge >= 0.3 is 0 Å². The van der Waals surface area contributed by atoms with Gasteiger partial charge in [-0.1, -0.05) is 0 Å². The molecular weight excluding hydrogens is 178 g/mol. The van der Waals surface area contributed by atoms with Crippen LogP contribution < -0.4 is 11.1 Å². The average Bonchev–Trinajstić information content (AvgIpc) is 2.16. The van der Waals surface area contributed by atoms with Gasteiger partial charge in [-0.2, -0.15) is 0 Å². The van der Waals surface area contributed by atoms with E-state index in [1.54, 1.807) is 13.3 Å². The van der Waals surface area contributed by atoms with Gasteiger partial charge in [-0.3, -0.25) is 0 Å². The predicted molar refractivity (Wildman–Crippen MR) is 58.3 cm³/mol. The van der Waals surface area contributed by atoms with Crippen molar-refractivity contribution in [2.24, 2.45) is 0 Å². The van der Waals surface area contributed by atoms with Crippen molar-refractivity contribution in [3.63, 3.8) is 0 Å². The first-order valence-corrected chi connectivity index (χ1v) is 4.62. The van der Waals surface area contributed by atoms with Gasteiger partial charge in [0.15, 0.2) is 0 Å². The number of aryl methyl sites for hydroxylation is 1. The second-order valence-corrected chi connectivity index (χ2v) is 3.36. The molecular formula is C10H17N3O. The second kappa shape index (κ2) is 4.81. The minimum atomic E-state index is 0.175. The number of methoxy groups -OCH3 is 1. The van der Waals surface area contributed by atoms with E-state index >= 15 is 0 Å². The number of ether oxygens (including phenoxy) is 1. The Morgan fingerprint density at radius 1 is 1.64 bits per heavy atom. The third-order valence-electron chi connectivity index (χ3n) is 2.06. The van der Waals surface area contributed by atoms with Gasteiger partial charge in [-0.15, -0.1) is 0 Å². The Kier molecular flexibility index (Phi) is 3.71. The molecule has 0 amide bonds. The molecule has 1 unspecified atom stereocenters. The largest absolute Gasteiger partial charge is 0.397 e. The molecule has 0 saturated heterocycles. The Labute approximate surface area is 84.5 Å². The van der Waals surface area contributed by atoms with Crippen molar-refractivity contribution in [1.29, 1.82) is 0 Å². The van der Waals surface area contributed by atoms with E-state index < -0.39 is 0 Å². The maximum Gasteiger partial charge on any atom is 0.129 e. The minimum absolute atomic E-state index is 0.175. The Morgan fingerprint density at radius 2 is 2.36 bits per heavy atom. The lowest BCUT2D eigenvalue weighted by Gasteiger charge is -2.12. The van der Waals surface area contributed by atoms with E-state index in [2.05, 4.69) is 10.3 Å². The van der Waals surface area contributed by atoms with Gasteiger partial charge in [0.25, 0.3) is 0 Å². The Balaban J connectivity index is 2.59. The molecule has 0 spiro atoms. The topological polar surface area (TPSA) is 60.2 Å². The van der Waals surface area contributed by atoms with E-state index in [0.29, 0.717) is 5.69 Å². The molecule has 1 heterocycles. The first-order valence-electron chi connectivity index (χ1n) is 4.62. The van der Waals surface area contributed by atoms with Gasteiger partial charge in [0.05, 0.1) is 18.0 Å². The zero-order valence-electron chi connectivity index (χ0n) is 8.87. The van der Waals surface area contributed by atoms with Crippen LogP contribution in [0.25, 0.3) is 0 Å². The molecule has 0 aromatic carbocycles. The number of aromatic nitrogens is 1. The van der Waals surface area contributed by atoms with Crippen molar-refractivity contribution in [2.75, 3.05) is 24.7 Å². The summed E-state index contributed by atoms with van der Waals surface area (Å²) in [5.74, 6) is 0.864. The fourth-order valence-electron chi connectivity index (χ4n) is 1.11. The van der Waals surface area contributed by atoms with Crippen LogP contribution in [0.2, 0.25) is 0 Å². The summed E-state index contributed by atoms with van der Waals surface area (Å²) in [7, 11) is 1.69. The van der Waals surface area contributed by atoms with Crippen LogP contribution in [0.3, 0.4) is 0 Å². The van der Waals surface area contributed by atoms with Crippen LogP contribution in [0, 0.1) is 6.92 Å². The van der Waals surface area contributed by atoms with Crippen LogP contribution in [0.5, 0.6) is 0 Å². The van der Waals surface area contributed by atoms with Gasteiger partial charge in [0, 0.05) is 13.7 Å². The van der Waals surface area contributed by atoms with E-state index in [9.17, 15) is 0 Å². The molecule has 0 fully saturated rings. The highest BCUT2D eigenvalue weighted by molar-refractivity contribution is 5.50. The van der Waals surface area contributed by atoms with Gasteiger partial charge in [0.1, 0.15) is 5.82 Å². The lowest BCUT2D eigenvalue weighted by Crippen LogP contribution is -2.19. The highest BCUT2D eigenvalue weighted by Crippen LogP contribution is 2.13. The Hall–Kier alpha value is -1.29. The number of nitrogens with two attached hydrogens (primary N) is 1. The lowest BCUT2D eigenvalue weighted by atomic mass is 10.2. The molecule has 1 atom stereocenters. The second-order valence-electron chi connectivity index (χ2n) is 3.36. The van der Waals surface area contributed by atoms with E-state index in [-0.39, 0.29) is 6.10 Å². The Bertz CT molecular complexity index is 301. The molecule has 0 aliphatic rings. The predicted octanol–water partition coefficient (Wildman–Crippen LogP) is 1.42. The first-order chi connectivity index (χ1) is 6.63. The summed E-state index contributed by atoms with van der Waals surface area (Å²) in [6, 6.07) is 1.90. The number of hydrogen-bond acceptors (Lipinski definition) is 4. The van der Waals surface area contributed by atoms with E-state index in [4.69, 9.17) is 10.5 Å². The standard InChI is InChI=1S/C10H17N3O/c1-7-4-9(11)6-13-10(7)12-5-8(2)14-3/h4,6,8H,5,11H2,1-3H3,(H,12,13). The van der Waals surface area contributed by atoms with Crippen molar-refractivity contribution in [3.05, 3.63) is 17.8 Å². The number of nitrogen functional groups attached to an aromatic ring is 1. The molecule has 1 aromatic rings. The molecule has 1 aromatic heterocycles. The summed E-state index contributed by atoms with van der Waals surface area (Å²) >= 11 is 0. The summed E-state index contributed by atoms with van der Waals surface area (Å²) in [6.45, 7) is 4.72. The normalized spacial score (nSPS) is 12.5. The fourth-order valence-corrected chi connectivity index (χ4v) is 1.11. The maximum atomic E-state index is 5.59. The molecule has 4 nitrogen and oxygen atoms in total. The molecule has 0 saturated carbocycles. The van der Waals surface area contributed by atoms with Crippen LogP contribution in [0.4, 0.5) is 11.5 Å². The molecule has 0 bridgehead atoms. The number of rotatable bonds is 4. The zero-order chi connectivity index (χ0) is 10.6. The van der Waals surface area contributed by atoms with Crippen LogP contribution in [-0.2, 0) is 4.74 Å². The van der Waals surface area contributed by atoms with Crippen LogP contribution in [0.1, 0.15) is 12.5 Å². The van der Waals surface area contributed by atoms with E-state index in [1.165, 1.54) is 0 Å². The zero-order valence-corrected chi connectivity index (χ0v) is 8.87. The van der Waals surface area contributed by atoms with Gasteiger partial charge in [-0.25, -0.2) is 4.98 Å². The fraction of sp³-hybridized carbons (Fsp3) is 0.500. The lowest BCUT2D eigenvalue weighted by molar-refractivity contribution is 0.128. The number of nitrogens with zero attached hydrogens (tertiary/aromatic N) is 1. The molecule has 78 valence electrons. The summed E-state index contributed by atoms with van der Waals surface area (Å²) in [5.41, 5.74) is 7.33. The molecule has 4 heteroatoms. The molecule has 0 radical (unpaired) electrons. The van der Waals surface area contributed by atoms with Gasteiger partial charge < -0.3 is 15.8 Å². The number of nitrogens with one attached hydrogen (secondary N) is 1. The van der Waals surface area contributed by atoms with Crippen molar-refractivity contribution in [3.8, 4) is 0 Å². The molecule has 0 aliphatic heterocycles. The monoisotopic (exact) mass is 195 g/mol. The highest BCUT2D eigenvalue weighted by atomic mass is 16.5. The van der Waals surface area contributed by atoms with E-state index in [0.717, 1.165) is 17.9 Å². The average molecular weight is 195 g/mol. The Morgan fingerprint density at radius 3 is 2.93 bits per heavy atom. The highest BCUT2D eigenvalue weighted by Gasteiger charge is 2.02. The van der Waals surface area contributed by atoms with Gasteiger partial charge in [0.2, 0.25) is 0 Å². The number of anilines is 2. The quantitative estimate of drug-likeness (QED) is 0.762. The van der Waals surface area contributed by atoms with Crippen molar-refractivity contribution in [1.82, 2.24) is 4.98 Å². The summed E-state index contributed by atoms with van der Waals surface area (Å²) in [5, 5.41) is 3.20. The summed E-state index contributed by atoms with van der Waals surface area (Å²) < 4.78 is 5.12. The molecule has 3 N–H and O–H groups in total. The maximum absolute atomic E-state index is 5.59. The van der Waals surface area contributed by atoms with Crippen molar-refractivity contribution < 1.29 is 4.74 Å². The summed E-state index contributed by atoms with van der Waals surface area (Å²) in [4.78, 5) is 4.19. The van der Waals surface area contributed by atoms with Crippen molar-refractivity contribution >= 4 is 11.5 Å². The first kappa shape index (κ1) is 10.8.